The summed E-state index contributed by atoms with van der Waals surface area (Å²) in [4.78, 5) is 20.0. The predicted octanol–water partition coefficient (Wildman–Crippen LogP) is 3.89. The van der Waals surface area contributed by atoms with Crippen molar-refractivity contribution in [2.45, 2.75) is 26.8 Å². The molecule has 0 atom stereocenters. The van der Waals surface area contributed by atoms with Crippen molar-refractivity contribution in [3.63, 3.8) is 0 Å². The van der Waals surface area contributed by atoms with Crippen molar-refractivity contribution >= 4 is 33.3 Å². The van der Waals surface area contributed by atoms with Gasteiger partial charge in [0.25, 0.3) is 0 Å². The van der Waals surface area contributed by atoms with Gasteiger partial charge in [-0.25, -0.2) is 4.98 Å². The van der Waals surface area contributed by atoms with Gasteiger partial charge in [-0.05, 0) is 30.7 Å². The zero-order chi connectivity index (χ0) is 16.7. The van der Waals surface area contributed by atoms with Crippen LogP contribution in [0.1, 0.15) is 24.3 Å². The van der Waals surface area contributed by atoms with Crippen LogP contribution in [0.25, 0.3) is 22.6 Å². The fourth-order valence-electron chi connectivity index (χ4n) is 3.18. The molecule has 2 aromatic heterocycles. The van der Waals surface area contributed by atoms with Crippen LogP contribution in [-0.4, -0.2) is 28.9 Å². The summed E-state index contributed by atoms with van der Waals surface area (Å²) in [5.41, 5.74) is 3.83. The van der Waals surface area contributed by atoms with Crippen LogP contribution >= 0.6 is 11.3 Å². The number of fused-ring (bicyclic) bond motifs is 2. The van der Waals surface area contributed by atoms with E-state index in [-0.39, 0.29) is 5.91 Å². The second-order valence-electron chi connectivity index (χ2n) is 5.99. The molecule has 6 heteroatoms. The van der Waals surface area contributed by atoms with Crippen LogP contribution in [0.3, 0.4) is 0 Å². The standard InChI is InChI=1S/C18H19N3O2S/c1-3-21-9-8-12-15(10-21)24-18(19-11(2)22)16(12)17-20-13-6-4-5-7-14(13)23-17/h4-7H,3,8-10H2,1-2H3,(H,19,22). The van der Waals surface area contributed by atoms with Crippen molar-refractivity contribution in [1.82, 2.24) is 9.88 Å². The number of nitrogens with one attached hydrogen (secondary N) is 1. The molecule has 3 heterocycles. The Morgan fingerprint density at radius 2 is 2.25 bits per heavy atom. The Balaban J connectivity index is 1.86. The number of hydrogen-bond acceptors (Lipinski definition) is 5. The van der Waals surface area contributed by atoms with Crippen LogP contribution in [-0.2, 0) is 17.8 Å². The monoisotopic (exact) mass is 341 g/mol. The van der Waals surface area contributed by atoms with Gasteiger partial charge in [0.05, 0.1) is 5.56 Å². The molecule has 124 valence electrons. The van der Waals surface area contributed by atoms with E-state index in [0.29, 0.717) is 5.89 Å². The molecule has 1 amide bonds. The number of oxazole rings is 1. The maximum absolute atomic E-state index is 11.6. The summed E-state index contributed by atoms with van der Waals surface area (Å²) in [5.74, 6) is 0.528. The molecule has 1 N–H and O–H groups in total. The van der Waals surface area contributed by atoms with Crippen molar-refractivity contribution in [2.75, 3.05) is 18.4 Å². The van der Waals surface area contributed by atoms with Gasteiger partial charge >= 0.3 is 0 Å². The van der Waals surface area contributed by atoms with E-state index in [1.54, 1.807) is 11.3 Å². The van der Waals surface area contributed by atoms with Crippen LogP contribution in [0.5, 0.6) is 0 Å². The number of benzene rings is 1. The summed E-state index contributed by atoms with van der Waals surface area (Å²) >= 11 is 1.64. The van der Waals surface area contributed by atoms with Crippen LogP contribution in [0.2, 0.25) is 0 Å². The summed E-state index contributed by atoms with van der Waals surface area (Å²) in [7, 11) is 0. The largest absolute Gasteiger partial charge is 0.436 e. The van der Waals surface area contributed by atoms with Crippen molar-refractivity contribution in [3.8, 4) is 11.5 Å². The van der Waals surface area contributed by atoms with E-state index >= 15 is 0 Å². The normalized spacial score (nSPS) is 14.8. The van der Waals surface area contributed by atoms with Gasteiger partial charge in [0.2, 0.25) is 11.8 Å². The molecular weight excluding hydrogens is 322 g/mol. The number of likely N-dealkylation sites (N-methyl/N-ethyl adjacent to an activating group) is 1. The van der Waals surface area contributed by atoms with E-state index in [1.807, 2.05) is 24.3 Å². The van der Waals surface area contributed by atoms with Crippen molar-refractivity contribution in [3.05, 3.63) is 34.7 Å². The van der Waals surface area contributed by atoms with Crippen molar-refractivity contribution in [1.29, 1.82) is 0 Å². The Morgan fingerprint density at radius 3 is 3.00 bits per heavy atom. The third kappa shape index (κ3) is 2.61. The van der Waals surface area contributed by atoms with Crippen LogP contribution in [0.15, 0.2) is 28.7 Å². The summed E-state index contributed by atoms with van der Waals surface area (Å²) < 4.78 is 5.98. The smallest absolute Gasteiger partial charge is 0.230 e. The average molecular weight is 341 g/mol. The molecule has 0 fully saturated rings. The Hall–Kier alpha value is -2.18. The minimum absolute atomic E-state index is 0.0710. The SMILES string of the molecule is CCN1CCc2c(sc(NC(C)=O)c2-c2nc3ccccc3o2)C1. The van der Waals surface area contributed by atoms with E-state index in [4.69, 9.17) is 4.42 Å². The minimum atomic E-state index is -0.0710. The van der Waals surface area contributed by atoms with E-state index in [9.17, 15) is 4.79 Å². The molecule has 1 aliphatic heterocycles. The van der Waals surface area contributed by atoms with Crippen LogP contribution < -0.4 is 5.32 Å². The lowest BCUT2D eigenvalue weighted by Crippen LogP contribution is -2.29. The lowest BCUT2D eigenvalue weighted by molar-refractivity contribution is -0.114. The van der Waals surface area contributed by atoms with Gasteiger partial charge in [-0.2, -0.15) is 0 Å². The maximum Gasteiger partial charge on any atom is 0.230 e. The maximum atomic E-state index is 11.6. The number of para-hydroxylation sites is 2. The van der Waals surface area contributed by atoms with E-state index in [0.717, 1.165) is 47.7 Å². The molecule has 0 bridgehead atoms. The highest BCUT2D eigenvalue weighted by Crippen LogP contribution is 2.43. The highest BCUT2D eigenvalue weighted by Gasteiger charge is 2.27. The number of aromatic nitrogens is 1. The Labute approximate surface area is 144 Å². The number of carbonyl (C=O) groups is 1. The first kappa shape index (κ1) is 15.4. The topological polar surface area (TPSA) is 58.4 Å². The second kappa shape index (κ2) is 6.03. The molecular formula is C18H19N3O2S. The van der Waals surface area contributed by atoms with Gasteiger partial charge in [0.1, 0.15) is 10.5 Å². The summed E-state index contributed by atoms with van der Waals surface area (Å²) in [5, 5.41) is 3.81. The zero-order valence-corrected chi connectivity index (χ0v) is 14.6. The van der Waals surface area contributed by atoms with Crippen molar-refractivity contribution < 1.29 is 9.21 Å². The first-order valence-corrected chi connectivity index (χ1v) is 8.97. The number of rotatable bonds is 3. The summed E-state index contributed by atoms with van der Waals surface area (Å²) in [6.07, 6.45) is 0.952. The van der Waals surface area contributed by atoms with E-state index in [1.165, 1.54) is 17.4 Å². The fraction of sp³-hybridized carbons (Fsp3) is 0.333. The number of hydrogen-bond donors (Lipinski definition) is 1. The van der Waals surface area contributed by atoms with Crippen molar-refractivity contribution in [2.24, 2.45) is 0 Å². The summed E-state index contributed by atoms with van der Waals surface area (Å²) in [6, 6.07) is 7.75. The zero-order valence-electron chi connectivity index (χ0n) is 13.8. The third-order valence-electron chi connectivity index (χ3n) is 4.38. The Kier molecular flexibility index (Phi) is 3.86. The first-order chi connectivity index (χ1) is 11.7. The molecule has 5 nitrogen and oxygen atoms in total. The molecule has 1 aromatic carbocycles. The molecule has 0 spiro atoms. The highest BCUT2D eigenvalue weighted by atomic mass is 32.1. The molecule has 0 saturated carbocycles. The summed E-state index contributed by atoms with van der Waals surface area (Å²) in [6.45, 7) is 6.68. The molecule has 0 unspecified atom stereocenters. The lowest BCUT2D eigenvalue weighted by Gasteiger charge is -2.25. The molecule has 0 aliphatic carbocycles. The van der Waals surface area contributed by atoms with Gasteiger partial charge in [0, 0.05) is 24.9 Å². The molecule has 3 aromatic rings. The van der Waals surface area contributed by atoms with Gasteiger partial charge in [0.15, 0.2) is 5.58 Å². The number of nitrogens with zero attached hydrogens (tertiary/aromatic N) is 2. The van der Waals surface area contributed by atoms with Crippen LogP contribution in [0, 0.1) is 0 Å². The molecule has 1 aliphatic rings. The van der Waals surface area contributed by atoms with Gasteiger partial charge < -0.3 is 9.73 Å². The predicted molar refractivity (Wildman–Crippen MR) is 96.3 cm³/mol. The van der Waals surface area contributed by atoms with E-state index < -0.39 is 0 Å². The molecule has 24 heavy (non-hydrogen) atoms. The van der Waals surface area contributed by atoms with E-state index in [2.05, 4.69) is 22.1 Å². The van der Waals surface area contributed by atoms with Crippen LogP contribution in [0.4, 0.5) is 5.00 Å². The first-order valence-electron chi connectivity index (χ1n) is 8.16. The minimum Gasteiger partial charge on any atom is -0.436 e. The Morgan fingerprint density at radius 1 is 1.42 bits per heavy atom. The molecule has 4 rings (SSSR count). The lowest BCUT2D eigenvalue weighted by atomic mass is 10.0. The number of thiophene rings is 1. The Bertz CT molecular complexity index is 879. The highest BCUT2D eigenvalue weighted by molar-refractivity contribution is 7.17. The number of carbonyl (C=O) groups excluding carboxylic acids is 1. The third-order valence-corrected chi connectivity index (χ3v) is 5.51. The van der Waals surface area contributed by atoms with Gasteiger partial charge in [-0.1, -0.05) is 19.1 Å². The second-order valence-corrected chi connectivity index (χ2v) is 7.10. The quantitative estimate of drug-likeness (QED) is 0.785. The number of amides is 1. The van der Waals surface area contributed by atoms with Gasteiger partial charge in [-0.15, -0.1) is 11.3 Å². The molecule has 0 radical (unpaired) electrons. The number of anilines is 1. The average Bonchev–Trinajstić information content (AvgIpc) is 3.13. The van der Waals surface area contributed by atoms with Gasteiger partial charge in [-0.3, -0.25) is 9.69 Å². The fourth-order valence-corrected chi connectivity index (χ4v) is 4.51. The molecule has 0 saturated heterocycles.